The summed E-state index contributed by atoms with van der Waals surface area (Å²) in [5.41, 5.74) is 0. The first kappa shape index (κ1) is 93.8. The molecule has 0 aromatic rings. The van der Waals surface area contributed by atoms with Gasteiger partial charge in [-0.25, -0.2) is 0 Å². The number of rotatable bonds is 72. The molecule has 0 amide bonds. The van der Waals surface area contributed by atoms with Gasteiger partial charge in [-0.3, -0.25) is 0 Å². The highest BCUT2D eigenvalue weighted by atomic mass is 32.2. The molecule has 22 nitrogen and oxygen atoms in total. The molecule has 0 radical (unpaired) electrons. The van der Waals surface area contributed by atoms with Gasteiger partial charge in [0.05, 0.1) is 12.3 Å². The Balaban J connectivity index is 8.21. The summed E-state index contributed by atoms with van der Waals surface area (Å²) in [7, 11) is -6.77. The monoisotopic (exact) mass is 1460 g/mol. The molecule has 0 aliphatic carbocycles. The van der Waals surface area contributed by atoms with Crippen molar-refractivity contribution in [2.45, 2.75) is 271 Å². The number of unbranched alkanes of at least 4 members (excludes halogenated alkanes) is 10. The van der Waals surface area contributed by atoms with E-state index in [1.807, 2.05) is 83.1 Å². The van der Waals surface area contributed by atoms with E-state index in [4.69, 9.17) is 79.7 Å². The van der Waals surface area contributed by atoms with Crippen LogP contribution >= 0.6 is 11.8 Å². The second kappa shape index (κ2) is 56.3. The SMILES string of the molecule is CCO[Si](CCCNC(NCCC[Si](OCC)(OCC)OCC)C(C)(CCCCCCCC[Si](OC)(OC)OC)SC(C)(CCCCCCCC[Si](OC)(OC)OC)C(NCCC[Si](OCC)(OCC)OCC)NCCC[Si](OCC)(OCC)OCC)(OCC)OCC. The predicted octanol–water partition coefficient (Wildman–Crippen LogP) is 13.2. The van der Waals surface area contributed by atoms with Crippen LogP contribution in [0.4, 0.5) is 0 Å². The standard InChI is InChI=1S/C64H146N4O18SSi6/c1-21-75-90(76-22-2,77-23-3)57-45-51-65-61(66-52-46-58-91(78-24-4,79-25-5)80-26-6)63(13,49-41-37-33-35-39-43-55-88(69-15,70-16)71-17)87-64(14,50-42-38-34-36-40-44-56-89(72-18,73-19)74-20)62(67-53-47-59-92(81-27-7,82-28-8)83-29-9)68-54-48-60-93(84-30-10,85-31-11)86-32-12/h61-62,65-68H,21-60H2,1-20H3. The molecule has 0 saturated heterocycles. The number of nitrogens with one attached hydrogen (secondary N) is 4. The average molecular weight is 1460 g/mol. The third-order valence-electron chi connectivity index (χ3n) is 16.8. The van der Waals surface area contributed by atoms with Crippen molar-refractivity contribution in [2.75, 3.05) is 148 Å². The van der Waals surface area contributed by atoms with E-state index in [9.17, 15) is 0 Å². The quantitative estimate of drug-likeness (QED) is 0.0253. The molecule has 29 heteroatoms. The van der Waals surface area contributed by atoms with Gasteiger partial charge < -0.3 is 101 Å². The molecule has 2 unspecified atom stereocenters. The first-order valence-corrected chi connectivity index (χ1v) is 48.9. The van der Waals surface area contributed by atoms with E-state index in [1.54, 1.807) is 42.7 Å². The van der Waals surface area contributed by atoms with E-state index < -0.39 is 52.8 Å². The molecule has 0 bridgehead atoms. The van der Waals surface area contributed by atoms with Crippen molar-refractivity contribution in [2.24, 2.45) is 0 Å². The molecule has 0 saturated carbocycles. The largest absolute Gasteiger partial charge is 0.500 e. The zero-order valence-corrected chi connectivity index (χ0v) is 70.0. The topological polar surface area (TPSA) is 214 Å². The molecule has 0 aliphatic rings. The van der Waals surface area contributed by atoms with Crippen LogP contribution in [-0.2, 0) is 79.7 Å². The Morgan fingerprint density at radius 3 is 0.602 bits per heavy atom. The maximum absolute atomic E-state index is 6.41. The van der Waals surface area contributed by atoms with Gasteiger partial charge >= 0.3 is 52.8 Å². The third kappa shape index (κ3) is 37.5. The van der Waals surface area contributed by atoms with Gasteiger partial charge in [-0.1, -0.05) is 64.2 Å². The summed E-state index contributed by atoms with van der Waals surface area (Å²) in [6, 6.07) is 4.45. The molecule has 560 valence electrons. The van der Waals surface area contributed by atoms with Crippen LogP contribution in [0.2, 0.25) is 36.3 Å². The molecule has 0 aromatic carbocycles. The summed E-state index contributed by atoms with van der Waals surface area (Å²) >= 11 is 2.14. The zero-order valence-electron chi connectivity index (χ0n) is 63.2. The Bertz CT molecular complexity index is 1440. The maximum Gasteiger partial charge on any atom is 0.500 e. The maximum atomic E-state index is 6.41. The van der Waals surface area contributed by atoms with Crippen molar-refractivity contribution < 1.29 is 79.7 Å². The first-order chi connectivity index (χ1) is 44.8. The van der Waals surface area contributed by atoms with Crippen molar-refractivity contribution in [3.05, 3.63) is 0 Å². The van der Waals surface area contributed by atoms with Crippen LogP contribution in [0, 0.1) is 0 Å². The number of hydrogen-bond donors (Lipinski definition) is 4. The fourth-order valence-corrected chi connectivity index (χ4v) is 28.6. The van der Waals surface area contributed by atoms with E-state index in [-0.39, 0.29) is 21.8 Å². The normalized spacial score (nSPS) is 14.5. The van der Waals surface area contributed by atoms with Crippen LogP contribution < -0.4 is 21.3 Å². The van der Waals surface area contributed by atoms with Crippen LogP contribution in [-0.4, -0.2) is 223 Å². The molecule has 0 heterocycles. The van der Waals surface area contributed by atoms with Crippen LogP contribution in [0.25, 0.3) is 0 Å². The molecule has 0 spiro atoms. The van der Waals surface area contributed by atoms with Gasteiger partial charge in [0.2, 0.25) is 0 Å². The van der Waals surface area contributed by atoms with Crippen LogP contribution in [0.1, 0.15) is 213 Å². The Kier molecular flexibility index (Phi) is 56.8. The second-order valence-corrected chi connectivity index (χ2v) is 42.8. The molecular weight excluding hydrogens is 1310 g/mol. The fraction of sp³-hybridized carbons (Fsp3) is 1.00. The molecule has 0 aromatic heterocycles. The lowest BCUT2D eigenvalue weighted by Gasteiger charge is -2.48. The van der Waals surface area contributed by atoms with Crippen LogP contribution in [0.3, 0.4) is 0 Å². The predicted molar refractivity (Wildman–Crippen MR) is 392 cm³/mol. The highest BCUT2D eigenvalue weighted by molar-refractivity contribution is 8.02. The second-order valence-electron chi connectivity index (χ2n) is 23.6. The minimum Gasteiger partial charge on any atom is -0.377 e. The van der Waals surface area contributed by atoms with Gasteiger partial charge in [-0.15, -0.1) is 11.8 Å². The summed E-state index contributed by atoms with van der Waals surface area (Å²) in [6.45, 7) is 38.7. The molecular formula is C64H146N4O18SSi6. The van der Waals surface area contributed by atoms with E-state index in [1.165, 1.54) is 0 Å². The lowest BCUT2D eigenvalue weighted by Crippen LogP contribution is -2.62. The van der Waals surface area contributed by atoms with E-state index in [2.05, 4.69) is 46.9 Å². The molecule has 0 fully saturated rings. The van der Waals surface area contributed by atoms with Gasteiger partial charge in [-0.2, -0.15) is 0 Å². The van der Waals surface area contributed by atoms with Crippen molar-refractivity contribution in [1.29, 1.82) is 0 Å². The molecule has 0 aliphatic heterocycles. The highest BCUT2D eigenvalue weighted by Crippen LogP contribution is 2.47. The van der Waals surface area contributed by atoms with Crippen molar-refractivity contribution >= 4 is 64.6 Å². The van der Waals surface area contributed by atoms with Crippen LogP contribution in [0.5, 0.6) is 0 Å². The van der Waals surface area contributed by atoms with E-state index >= 15 is 0 Å². The summed E-state index contributed by atoms with van der Waals surface area (Å²) < 4.78 is 111. The smallest absolute Gasteiger partial charge is 0.377 e. The molecule has 2 atom stereocenters. The summed E-state index contributed by atoms with van der Waals surface area (Å²) in [5.74, 6) is 0. The Hall–Kier alpha value is 0.771. The highest BCUT2D eigenvalue weighted by Gasteiger charge is 2.48. The van der Waals surface area contributed by atoms with Gasteiger partial charge in [0.15, 0.2) is 0 Å². The minimum atomic E-state index is -2.92. The Morgan fingerprint density at radius 2 is 0.419 bits per heavy atom. The minimum absolute atomic E-state index is 0.116. The molecule has 4 N–H and O–H groups in total. The van der Waals surface area contributed by atoms with Gasteiger partial charge in [0.1, 0.15) is 0 Å². The summed E-state index contributed by atoms with van der Waals surface area (Å²) in [4.78, 5) is 0. The third-order valence-corrected chi connectivity index (χ3v) is 36.9. The first-order valence-electron chi connectivity index (χ1n) is 36.5. The van der Waals surface area contributed by atoms with E-state index in [0.29, 0.717) is 103 Å². The Morgan fingerprint density at radius 1 is 0.247 bits per heavy atom. The van der Waals surface area contributed by atoms with Gasteiger partial charge in [-0.05, 0) is 174 Å². The van der Waals surface area contributed by atoms with Crippen LogP contribution in [0.15, 0.2) is 0 Å². The number of hydrogen-bond acceptors (Lipinski definition) is 23. The fourth-order valence-electron chi connectivity index (χ4n) is 12.4. The lowest BCUT2D eigenvalue weighted by atomic mass is 9.96. The average Bonchev–Trinajstić information content (AvgIpc) is 0.839. The van der Waals surface area contributed by atoms with Gasteiger partial charge in [0, 0.05) is 168 Å². The summed E-state index contributed by atoms with van der Waals surface area (Å²) in [6.07, 6.45) is 18.0. The van der Waals surface area contributed by atoms with E-state index in [0.717, 1.165) is 154 Å². The van der Waals surface area contributed by atoms with Gasteiger partial charge in [0.25, 0.3) is 0 Å². The molecule has 93 heavy (non-hydrogen) atoms. The summed E-state index contributed by atoms with van der Waals surface area (Å²) in [5, 5.41) is 16.8. The Labute approximate surface area is 581 Å². The van der Waals surface area contributed by atoms with Crippen molar-refractivity contribution in [3.63, 3.8) is 0 Å². The molecule has 0 rings (SSSR count). The van der Waals surface area contributed by atoms with Crippen molar-refractivity contribution in [1.82, 2.24) is 21.3 Å². The lowest BCUT2D eigenvalue weighted by molar-refractivity contribution is 0.0697. The number of thioether (sulfide) groups is 1. The van der Waals surface area contributed by atoms with Crippen molar-refractivity contribution in [3.8, 4) is 0 Å². The zero-order chi connectivity index (χ0) is 69.7.